The number of sulfonamides is 1. The Hall–Kier alpha value is -2.01. The molecule has 0 unspecified atom stereocenters. The van der Waals surface area contributed by atoms with Gasteiger partial charge in [-0.25, -0.2) is 8.42 Å². The normalized spacial score (nSPS) is 11.2. The summed E-state index contributed by atoms with van der Waals surface area (Å²) in [4.78, 5) is 0. The third-order valence-electron chi connectivity index (χ3n) is 3.23. The molecule has 0 bridgehead atoms. The molecule has 0 amide bonds. The van der Waals surface area contributed by atoms with Crippen molar-refractivity contribution in [1.29, 1.82) is 0 Å². The van der Waals surface area contributed by atoms with Gasteiger partial charge in [-0.05, 0) is 55.3 Å². The highest BCUT2D eigenvalue weighted by Gasteiger charge is 2.09. The molecule has 4 nitrogen and oxygen atoms in total. The van der Waals surface area contributed by atoms with Crippen LogP contribution in [0.5, 0.6) is 0 Å². The lowest BCUT2D eigenvalue weighted by Gasteiger charge is -2.10. The van der Waals surface area contributed by atoms with Crippen molar-refractivity contribution in [2.45, 2.75) is 26.7 Å². The zero-order valence-corrected chi connectivity index (χ0v) is 13.8. The van der Waals surface area contributed by atoms with Crippen molar-refractivity contribution in [3.05, 3.63) is 54.1 Å². The van der Waals surface area contributed by atoms with E-state index in [-0.39, 0.29) is 5.75 Å². The molecule has 5 heteroatoms. The molecule has 2 rings (SSSR count). The third kappa shape index (κ3) is 5.07. The number of aryl methyl sites for hydroxylation is 1. The Bertz CT molecular complexity index is 710. The Labute approximate surface area is 132 Å². The highest BCUT2D eigenvalue weighted by Crippen LogP contribution is 2.20. The van der Waals surface area contributed by atoms with E-state index in [0.29, 0.717) is 12.1 Å². The van der Waals surface area contributed by atoms with E-state index in [1.54, 1.807) is 12.1 Å². The molecular formula is C17H22N2O2S. The second-order valence-electron chi connectivity index (χ2n) is 5.35. The fourth-order valence-corrected chi connectivity index (χ4v) is 3.34. The summed E-state index contributed by atoms with van der Waals surface area (Å²) in [6.45, 7) is 4.01. The predicted octanol–water partition coefficient (Wildman–Crippen LogP) is 4.28. The van der Waals surface area contributed by atoms with Crippen LogP contribution in [-0.4, -0.2) is 14.2 Å². The van der Waals surface area contributed by atoms with Crippen LogP contribution >= 0.6 is 0 Å². The van der Waals surface area contributed by atoms with Gasteiger partial charge >= 0.3 is 0 Å². The second kappa shape index (κ2) is 7.31. The number of hydrogen-bond acceptors (Lipinski definition) is 3. The van der Waals surface area contributed by atoms with Gasteiger partial charge in [0.25, 0.3) is 0 Å². The fraction of sp³-hybridized carbons (Fsp3) is 0.294. The van der Waals surface area contributed by atoms with Gasteiger partial charge in [0.2, 0.25) is 10.0 Å². The van der Waals surface area contributed by atoms with E-state index in [1.165, 1.54) is 5.56 Å². The highest BCUT2D eigenvalue weighted by atomic mass is 32.2. The van der Waals surface area contributed by atoms with E-state index >= 15 is 0 Å². The van der Waals surface area contributed by atoms with E-state index in [2.05, 4.69) is 16.1 Å². The first-order valence-electron chi connectivity index (χ1n) is 7.43. The van der Waals surface area contributed by atoms with Crippen LogP contribution in [0, 0.1) is 6.92 Å². The van der Waals surface area contributed by atoms with Gasteiger partial charge in [-0.3, -0.25) is 4.72 Å². The molecule has 0 aromatic heterocycles. The summed E-state index contributed by atoms with van der Waals surface area (Å²) in [5, 5.41) is 3.29. The molecule has 0 heterocycles. The van der Waals surface area contributed by atoms with Crippen LogP contribution in [0.2, 0.25) is 0 Å². The smallest absolute Gasteiger partial charge is 0.232 e. The van der Waals surface area contributed by atoms with Gasteiger partial charge in [0.05, 0.1) is 5.75 Å². The Balaban J connectivity index is 2.01. The lowest BCUT2D eigenvalue weighted by Crippen LogP contribution is -2.16. The van der Waals surface area contributed by atoms with Gasteiger partial charge in [0, 0.05) is 17.1 Å². The van der Waals surface area contributed by atoms with Crippen molar-refractivity contribution in [2.75, 3.05) is 15.8 Å². The zero-order valence-electron chi connectivity index (χ0n) is 13.0. The topological polar surface area (TPSA) is 58.2 Å². The molecular weight excluding hydrogens is 296 g/mol. The lowest BCUT2D eigenvalue weighted by molar-refractivity contribution is 0.598. The van der Waals surface area contributed by atoms with E-state index in [1.807, 2.05) is 44.2 Å². The van der Waals surface area contributed by atoms with Crippen LogP contribution in [0.3, 0.4) is 0 Å². The number of unbranched alkanes of at least 4 members (excludes halogenated alkanes) is 1. The SMILES string of the molecule is CCCCS(=O)(=O)Nc1ccc(Nc2cccc(C)c2)cc1. The average molecular weight is 318 g/mol. The second-order valence-corrected chi connectivity index (χ2v) is 7.19. The van der Waals surface area contributed by atoms with Gasteiger partial charge in [-0.15, -0.1) is 0 Å². The van der Waals surface area contributed by atoms with Crippen molar-refractivity contribution in [3.8, 4) is 0 Å². The largest absolute Gasteiger partial charge is 0.356 e. The van der Waals surface area contributed by atoms with Gasteiger partial charge in [-0.2, -0.15) is 0 Å². The first-order valence-corrected chi connectivity index (χ1v) is 9.08. The summed E-state index contributed by atoms with van der Waals surface area (Å²) >= 11 is 0. The Morgan fingerprint density at radius 2 is 1.64 bits per heavy atom. The molecule has 0 aliphatic carbocycles. The lowest BCUT2D eigenvalue weighted by atomic mass is 10.2. The summed E-state index contributed by atoms with van der Waals surface area (Å²) in [6.07, 6.45) is 1.53. The summed E-state index contributed by atoms with van der Waals surface area (Å²) in [5.41, 5.74) is 3.70. The monoisotopic (exact) mass is 318 g/mol. The standard InChI is InChI=1S/C17H22N2O2S/c1-3-4-12-22(20,21)19-16-10-8-15(9-11-16)18-17-7-5-6-14(2)13-17/h5-11,13,18-19H,3-4,12H2,1-2H3. The minimum atomic E-state index is -3.24. The maximum atomic E-state index is 11.8. The van der Waals surface area contributed by atoms with Crippen molar-refractivity contribution >= 4 is 27.1 Å². The van der Waals surface area contributed by atoms with Crippen LogP contribution < -0.4 is 10.0 Å². The molecule has 0 radical (unpaired) electrons. The molecule has 0 atom stereocenters. The van der Waals surface area contributed by atoms with Crippen molar-refractivity contribution in [1.82, 2.24) is 0 Å². The molecule has 0 fully saturated rings. The summed E-state index contributed by atoms with van der Waals surface area (Å²) in [5.74, 6) is 0.160. The molecule has 0 aliphatic heterocycles. The van der Waals surface area contributed by atoms with Crippen LogP contribution in [0.15, 0.2) is 48.5 Å². The summed E-state index contributed by atoms with van der Waals surface area (Å²) in [7, 11) is -3.24. The average Bonchev–Trinajstić information content (AvgIpc) is 2.47. The number of anilines is 3. The molecule has 22 heavy (non-hydrogen) atoms. The van der Waals surface area contributed by atoms with E-state index in [4.69, 9.17) is 0 Å². The number of nitrogens with one attached hydrogen (secondary N) is 2. The van der Waals surface area contributed by atoms with Crippen LogP contribution in [0.1, 0.15) is 25.3 Å². The van der Waals surface area contributed by atoms with Crippen LogP contribution in [-0.2, 0) is 10.0 Å². The minimum absolute atomic E-state index is 0.160. The molecule has 0 saturated carbocycles. The third-order valence-corrected chi connectivity index (χ3v) is 4.60. The van der Waals surface area contributed by atoms with E-state index in [0.717, 1.165) is 17.8 Å². The summed E-state index contributed by atoms with van der Waals surface area (Å²) < 4.78 is 26.3. The number of rotatable bonds is 7. The first kappa shape index (κ1) is 16.4. The van der Waals surface area contributed by atoms with Gasteiger partial charge in [-0.1, -0.05) is 25.5 Å². The first-order chi connectivity index (χ1) is 10.5. The number of hydrogen-bond donors (Lipinski definition) is 2. The fourth-order valence-electron chi connectivity index (χ4n) is 2.08. The van der Waals surface area contributed by atoms with Gasteiger partial charge in [0.15, 0.2) is 0 Å². The van der Waals surface area contributed by atoms with Crippen molar-refractivity contribution < 1.29 is 8.42 Å². The Morgan fingerprint density at radius 3 is 2.27 bits per heavy atom. The molecule has 0 saturated heterocycles. The van der Waals surface area contributed by atoms with Gasteiger partial charge < -0.3 is 5.32 Å². The predicted molar refractivity (Wildman–Crippen MR) is 93.2 cm³/mol. The molecule has 2 aromatic rings. The van der Waals surface area contributed by atoms with Crippen LogP contribution in [0.4, 0.5) is 17.1 Å². The van der Waals surface area contributed by atoms with E-state index < -0.39 is 10.0 Å². The van der Waals surface area contributed by atoms with Gasteiger partial charge in [0.1, 0.15) is 0 Å². The number of benzene rings is 2. The molecule has 2 N–H and O–H groups in total. The molecule has 118 valence electrons. The van der Waals surface area contributed by atoms with E-state index in [9.17, 15) is 8.42 Å². The Morgan fingerprint density at radius 1 is 0.955 bits per heavy atom. The maximum absolute atomic E-state index is 11.8. The summed E-state index contributed by atoms with van der Waals surface area (Å²) in [6, 6.07) is 15.3. The van der Waals surface area contributed by atoms with Crippen molar-refractivity contribution in [3.63, 3.8) is 0 Å². The zero-order chi connectivity index (χ0) is 16.0. The molecule has 0 aliphatic rings. The highest BCUT2D eigenvalue weighted by molar-refractivity contribution is 7.92. The molecule has 2 aromatic carbocycles. The van der Waals surface area contributed by atoms with Crippen LogP contribution in [0.25, 0.3) is 0 Å². The quantitative estimate of drug-likeness (QED) is 0.801. The van der Waals surface area contributed by atoms with Crippen molar-refractivity contribution in [2.24, 2.45) is 0 Å². The maximum Gasteiger partial charge on any atom is 0.232 e. The molecule has 0 spiro atoms. The minimum Gasteiger partial charge on any atom is -0.356 e. The Kier molecular flexibility index (Phi) is 5.44.